The fourth-order valence-electron chi connectivity index (χ4n) is 2.25. The fourth-order valence-corrected chi connectivity index (χ4v) is 2.41. The minimum absolute atomic E-state index is 0.270. The summed E-state index contributed by atoms with van der Waals surface area (Å²) in [6.07, 6.45) is 3.77. The smallest absolute Gasteiger partial charge is 0.274 e. The van der Waals surface area contributed by atoms with Crippen LogP contribution in [-0.4, -0.2) is 15.9 Å². The molecule has 0 bridgehead atoms. The highest BCUT2D eigenvalue weighted by molar-refractivity contribution is 6.30. The van der Waals surface area contributed by atoms with E-state index < -0.39 is 0 Å². The summed E-state index contributed by atoms with van der Waals surface area (Å²) >= 11 is 5.87. The van der Waals surface area contributed by atoms with Crippen LogP contribution in [0.2, 0.25) is 5.02 Å². The van der Waals surface area contributed by atoms with Crippen LogP contribution in [0.25, 0.3) is 11.1 Å². The van der Waals surface area contributed by atoms with Gasteiger partial charge in [0.15, 0.2) is 11.5 Å². The van der Waals surface area contributed by atoms with E-state index in [2.05, 4.69) is 15.3 Å². The molecule has 4 rings (SSSR count). The van der Waals surface area contributed by atoms with Crippen molar-refractivity contribution in [2.24, 2.45) is 0 Å². The van der Waals surface area contributed by atoms with Gasteiger partial charge in [-0.2, -0.15) is 0 Å². The highest BCUT2D eigenvalue weighted by Gasteiger charge is 2.28. The zero-order valence-electron chi connectivity index (χ0n) is 11.5. The molecule has 5 nitrogen and oxygen atoms in total. The van der Waals surface area contributed by atoms with Gasteiger partial charge in [0.25, 0.3) is 5.91 Å². The molecule has 1 amide bonds. The molecule has 1 aromatic carbocycles. The van der Waals surface area contributed by atoms with E-state index in [0.29, 0.717) is 16.6 Å². The van der Waals surface area contributed by atoms with Crippen molar-refractivity contribution in [3.05, 3.63) is 53.1 Å². The number of carbonyl (C=O) groups is 1. The number of nitrogens with zero attached hydrogens (tertiary/aromatic N) is 2. The standard InChI is InChI=1S/C16H12ClN3O2/c17-10-5-6-18-13(7-10)15(21)19-11-3-4-14-12(8-11)20-16(22-14)9-1-2-9/h3-9H,1-2H2,(H,19,21). The third-order valence-electron chi connectivity index (χ3n) is 3.54. The van der Waals surface area contributed by atoms with Crippen molar-refractivity contribution in [3.63, 3.8) is 0 Å². The molecule has 6 heteroatoms. The van der Waals surface area contributed by atoms with Crippen molar-refractivity contribution in [1.82, 2.24) is 9.97 Å². The van der Waals surface area contributed by atoms with Gasteiger partial charge in [-0.25, -0.2) is 4.98 Å². The van der Waals surface area contributed by atoms with Crippen molar-refractivity contribution >= 4 is 34.3 Å². The van der Waals surface area contributed by atoms with E-state index in [0.717, 1.165) is 29.8 Å². The molecule has 1 fully saturated rings. The Hall–Kier alpha value is -2.40. The Kier molecular flexibility index (Phi) is 3.08. The normalized spacial score (nSPS) is 14.2. The number of rotatable bonds is 3. The molecular formula is C16H12ClN3O2. The maximum Gasteiger partial charge on any atom is 0.274 e. The minimum Gasteiger partial charge on any atom is -0.440 e. The number of benzene rings is 1. The van der Waals surface area contributed by atoms with Gasteiger partial charge in [0.1, 0.15) is 11.2 Å². The number of hydrogen-bond acceptors (Lipinski definition) is 4. The number of fused-ring (bicyclic) bond motifs is 1. The van der Waals surface area contributed by atoms with Crippen LogP contribution < -0.4 is 5.32 Å². The van der Waals surface area contributed by atoms with Crippen LogP contribution >= 0.6 is 11.6 Å². The average Bonchev–Trinajstić information content (AvgIpc) is 3.27. The largest absolute Gasteiger partial charge is 0.440 e. The summed E-state index contributed by atoms with van der Waals surface area (Å²) in [4.78, 5) is 20.6. The van der Waals surface area contributed by atoms with Gasteiger partial charge >= 0.3 is 0 Å². The van der Waals surface area contributed by atoms with Gasteiger partial charge in [0, 0.05) is 22.8 Å². The summed E-state index contributed by atoms with van der Waals surface area (Å²) in [5.74, 6) is 0.934. The second kappa shape index (κ2) is 5.10. The van der Waals surface area contributed by atoms with Crippen LogP contribution in [0.3, 0.4) is 0 Å². The predicted molar refractivity (Wildman–Crippen MR) is 83.2 cm³/mol. The van der Waals surface area contributed by atoms with Gasteiger partial charge in [0.2, 0.25) is 0 Å². The minimum atomic E-state index is -0.312. The van der Waals surface area contributed by atoms with E-state index in [1.54, 1.807) is 18.2 Å². The average molecular weight is 314 g/mol. The lowest BCUT2D eigenvalue weighted by Gasteiger charge is -2.04. The summed E-state index contributed by atoms with van der Waals surface area (Å²) < 4.78 is 5.70. The number of carbonyl (C=O) groups excluding carboxylic acids is 1. The zero-order chi connectivity index (χ0) is 15.1. The molecule has 0 atom stereocenters. The molecule has 0 aliphatic heterocycles. The Morgan fingerprint density at radius 1 is 1.27 bits per heavy atom. The fraction of sp³-hybridized carbons (Fsp3) is 0.188. The molecule has 3 aromatic rings. The van der Waals surface area contributed by atoms with Crippen molar-refractivity contribution in [1.29, 1.82) is 0 Å². The lowest BCUT2D eigenvalue weighted by atomic mass is 10.2. The maximum atomic E-state index is 12.1. The van der Waals surface area contributed by atoms with Crippen LogP contribution in [0.5, 0.6) is 0 Å². The first-order valence-electron chi connectivity index (χ1n) is 7.02. The number of aromatic nitrogens is 2. The molecule has 0 spiro atoms. The van der Waals surface area contributed by atoms with E-state index in [-0.39, 0.29) is 11.6 Å². The Morgan fingerprint density at radius 2 is 2.14 bits per heavy atom. The second-order valence-electron chi connectivity index (χ2n) is 5.32. The van der Waals surface area contributed by atoms with Crippen LogP contribution in [0.15, 0.2) is 40.9 Å². The monoisotopic (exact) mass is 313 g/mol. The number of nitrogens with one attached hydrogen (secondary N) is 1. The van der Waals surface area contributed by atoms with Gasteiger partial charge in [-0.15, -0.1) is 0 Å². The Morgan fingerprint density at radius 3 is 2.91 bits per heavy atom. The van der Waals surface area contributed by atoms with E-state index in [4.69, 9.17) is 16.0 Å². The van der Waals surface area contributed by atoms with E-state index >= 15 is 0 Å². The van der Waals surface area contributed by atoms with Crippen molar-refractivity contribution < 1.29 is 9.21 Å². The maximum absolute atomic E-state index is 12.1. The Bertz CT molecular complexity index is 871. The molecule has 2 heterocycles. The highest BCUT2D eigenvalue weighted by Crippen LogP contribution is 2.40. The number of amides is 1. The zero-order valence-corrected chi connectivity index (χ0v) is 12.3. The molecule has 1 aliphatic carbocycles. The van der Waals surface area contributed by atoms with E-state index in [1.165, 1.54) is 12.3 Å². The quantitative estimate of drug-likeness (QED) is 0.793. The molecular weight excluding hydrogens is 302 g/mol. The Balaban J connectivity index is 1.59. The van der Waals surface area contributed by atoms with Crippen molar-refractivity contribution in [3.8, 4) is 0 Å². The van der Waals surface area contributed by atoms with Gasteiger partial charge < -0.3 is 9.73 Å². The highest BCUT2D eigenvalue weighted by atomic mass is 35.5. The summed E-state index contributed by atoms with van der Waals surface area (Å²) in [5, 5.41) is 3.26. The third-order valence-corrected chi connectivity index (χ3v) is 3.78. The summed E-state index contributed by atoms with van der Waals surface area (Å²) in [6.45, 7) is 0. The van der Waals surface area contributed by atoms with Crippen molar-refractivity contribution in [2.75, 3.05) is 5.32 Å². The first-order valence-corrected chi connectivity index (χ1v) is 7.40. The van der Waals surface area contributed by atoms with Crippen molar-refractivity contribution in [2.45, 2.75) is 18.8 Å². The Labute approximate surface area is 131 Å². The molecule has 1 saturated carbocycles. The third kappa shape index (κ3) is 2.55. The number of halogens is 1. The van der Waals surface area contributed by atoms with Crippen LogP contribution in [0, 0.1) is 0 Å². The molecule has 22 heavy (non-hydrogen) atoms. The lowest BCUT2D eigenvalue weighted by Crippen LogP contribution is -2.13. The van der Waals surface area contributed by atoms with Gasteiger partial charge in [-0.1, -0.05) is 11.6 Å². The molecule has 0 unspecified atom stereocenters. The summed E-state index contributed by atoms with van der Waals surface area (Å²) in [7, 11) is 0. The van der Waals surface area contributed by atoms with Gasteiger partial charge in [-0.05, 0) is 43.2 Å². The summed E-state index contributed by atoms with van der Waals surface area (Å²) in [5.41, 5.74) is 2.40. The predicted octanol–water partition coefficient (Wildman–Crippen LogP) is 4.01. The summed E-state index contributed by atoms with van der Waals surface area (Å²) in [6, 6.07) is 8.55. The number of pyridine rings is 1. The molecule has 110 valence electrons. The van der Waals surface area contributed by atoms with E-state index in [9.17, 15) is 4.79 Å². The van der Waals surface area contributed by atoms with E-state index in [1.807, 2.05) is 6.07 Å². The first-order chi connectivity index (χ1) is 10.7. The number of oxazole rings is 1. The van der Waals surface area contributed by atoms with Gasteiger partial charge in [-0.3, -0.25) is 9.78 Å². The van der Waals surface area contributed by atoms with Crippen LogP contribution in [0.4, 0.5) is 5.69 Å². The molecule has 1 N–H and O–H groups in total. The molecule has 1 aliphatic rings. The van der Waals surface area contributed by atoms with Gasteiger partial charge in [0.05, 0.1) is 0 Å². The second-order valence-corrected chi connectivity index (χ2v) is 5.76. The number of anilines is 1. The molecule has 2 aromatic heterocycles. The van der Waals surface area contributed by atoms with Crippen LogP contribution in [-0.2, 0) is 0 Å². The van der Waals surface area contributed by atoms with Crippen LogP contribution in [0.1, 0.15) is 35.1 Å². The topological polar surface area (TPSA) is 68.0 Å². The SMILES string of the molecule is O=C(Nc1ccc2oc(C3CC3)nc2c1)c1cc(Cl)ccn1. The number of hydrogen-bond donors (Lipinski definition) is 1. The molecule has 0 radical (unpaired) electrons. The first kappa shape index (κ1) is 13.3. The lowest BCUT2D eigenvalue weighted by molar-refractivity contribution is 0.102. The molecule has 0 saturated heterocycles.